The Morgan fingerprint density at radius 1 is 0.655 bits per heavy atom. The van der Waals surface area contributed by atoms with Crippen LogP contribution in [0.2, 0.25) is 0 Å². The van der Waals surface area contributed by atoms with Crippen LogP contribution in [0.1, 0.15) is 94.0 Å². The molecule has 4 aliphatic heterocycles. The summed E-state index contributed by atoms with van der Waals surface area (Å²) < 4.78 is 11.6. The van der Waals surface area contributed by atoms with Crippen LogP contribution in [-0.2, 0) is 41.8 Å². The van der Waals surface area contributed by atoms with Crippen LogP contribution in [0.4, 0.5) is 11.4 Å². The Balaban J connectivity index is 0.875. The summed E-state index contributed by atoms with van der Waals surface area (Å²) in [5.74, 6) is 0.330. The maximum Gasteiger partial charge on any atom is 0.0642 e. The number of pyridine rings is 2. The fourth-order valence-corrected chi connectivity index (χ4v) is 11.3. The van der Waals surface area contributed by atoms with Crippen molar-refractivity contribution in [3.05, 3.63) is 117 Å². The highest BCUT2D eigenvalue weighted by molar-refractivity contribution is 5.62. The molecule has 0 amide bonds. The summed E-state index contributed by atoms with van der Waals surface area (Å²) in [6.45, 7) is 10.9. The molecule has 2 saturated heterocycles. The summed E-state index contributed by atoms with van der Waals surface area (Å²) in [7, 11) is 4.64. The molecule has 10 nitrogen and oxygen atoms in total. The summed E-state index contributed by atoms with van der Waals surface area (Å²) in [6, 6.07) is 22.4. The van der Waals surface area contributed by atoms with Crippen molar-refractivity contribution in [1.29, 1.82) is 0 Å². The molecule has 1 unspecified atom stereocenters. The first-order valence-electron chi connectivity index (χ1n) is 22.2. The number of aromatic nitrogens is 2. The molecule has 10 heteroatoms. The number of nitrogens with zero attached hydrogens (tertiary/aromatic N) is 6. The number of aryl methyl sites for hydroxylation is 1. The molecule has 0 spiro atoms. The van der Waals surface area contributed by atoms with Crippen LogP contribution in [0, 0.1) is 0 Å². The number of likely N-dealkylation sites (N-methyl/N-ethyl adjacent to an activating group) is 2. The average Bonchev–Trinajstić information content (AvgIpc) is 3.28. The van der Waals surface area contributed by atoms with Crippen LogP contribution < -0.4 is 20.4 Å². The number of rotatable bonds is 9. The lowest BCUT2D eigenvalue weighted by molar-refractivity contribution is 0.122. The molecular formula is C48H62N8O2. The fourth-order valence-electron chi connectivity index (χ4n) is 11.3. The Hall–Kier alpha value is -3.90. The van der Waals surface area contributed by atoms with E-state index in [1.165, 1.54) is 74.5 Å². The van der Waals surface area contributed by atoms with Gasteiger partial charge in [-0.2, -0.15) is 0 Å². The molecule has 4 aromatic rings. The highest BCUT2D eigenvalue weighted by Gasteiger charge is 2.36. The van der Waals surface area contributed by atoms with Crippen LogP contribution in [-0.4, -0.2) is 112 Å². The fraction of sp³-hybridized carbons (Fsp3) is 0.542. The first kappa shape index (κ1) is 38.3. The Bertz CT molecular complexity index is 2060. The standard InChI is InChI=1S/C48H62N8O2/c1-53(44-12-3-7-33-9-5-15-49-47(33)44)31-38-28-42-36(30-52-38)25-35(26-46(42)56-19-23-58-24-20-56)39-13-14-45(48-40(39)10-6-16-50-48)54(2)32-37-27-41-34(29-51-37)8-4-11-43(41)55-17-21-57-22-18-55/h4-6,8-11,15-16,25-26,37-39,44-45,51-52H,3,7,12-14,17-24,27-32H2,1-2H3/t37-,38+,39?,44-,45-/m0/s1. The summed E-state index contributed by atoms with van der Waals surface area (Å²) in [4.78, 5) is 20.3. The van der Waals surface area contributed by atoms with Gasteiger partial charge in [0.05, 0.1) is 49.9 Å². The number of morpholine rings is 2. The third-order valence-corrected chi connectivity index (χ3v) is 14.3. The summed E-state index contributed by atoms with van der Waals surface area (Å²) in [5.41, 5.74) is 15.6. The van der Waals surface area contributed by atoms with Crippen molar-refractivity contribution < 1.29 is 9.47 Å². The van der Waals surface area contributed by atoms with Gasteiger partial charge in [0.25, 0.3) is 0 Å². The minimum atomic E-state index is 0.298. The number of hydrogen-bond donors (Lipinski definition) is 2. The molecule has 6 heterocycles. The second-order valence-corrected chi connectivity index (χ2v) is 17.8. The van der Waals surface area contributed by atoms with Crippen LogP contribution in [0.5, 0.6) is 0 Å². The molecule has 2 N–H and O–H groups in total. The average molecular weight is 783 g/mol. The number of benzene rings is 2. The molecule has 0 bridgehead atoms. The first-order valence-corrected chi connectivity index (χ1v) is 22.2. The number of fused-ring (bicyclic) bond motifs is 4. The van der Waals surface area contributed by atoms with E-state index in [0.29, 0.717) is 30.1 Å². The predicted molar refractivity (Wildman–Crippen MR) is 231 cm³/mol. The Morgan fingerprint density at radius 3 is 2.02 bits per heavy atom. The molecule has 5 atom stereocenters. The van der Waals surface area contributed by atoms with Crippen LogP contribution >= 0.6 is 0 Å². The van der Waals surface area contributed by atoms with Crippen molar-refractivity contribution in [1.82, 2.24) is 30.4 Å². The molecule has 0 saturated carbocycles. The van der Waals surface area contributed by atoms with E-state index in [4.69, 9.17) is 19.4 Å². The van der Waals surface area contributed by atoms with Crippen molar-refractivity contribution in [3.8, 4) is 0 Å². The van der Waals surface area contributed by atoms with Crippen molar-refractivity contribution in [2.24, 2.45) is 0 Å². The predicted octanol–water partition coefficient (Wildman–Crippen LogP) is 5.79. The lowest BCUT2D eigenvalue weighted by Gasteiger charge is -2.40. The lowest BCUT2D eigenvalue weighted by Crippen LogP contribution is -2.46. The second kappa shape index (κ2) is 17.0. The van der Waals surface area contributed by atoms with E-state index in [1.807, 2.05) is 12.4 Å². The Morgan fingerprint density at radius 2 is 1.28 bits per heavy atom. The molecule has 58 heavy (non-hydrogen) atoms. The molecule has 2 fully saturated rings. The zero-order chi connectivity index (χ0) is 39.0. The van der Waals surface area contributed by atoms with E-state index in [2.05, 4.69) is 98.9 Å². The number of hydrogen-bond acceptors (Lipinski definition) is 10. The van der Waals surface area contributed by atoms with E-state index >= 15 is 0 Å². The van der Waals surface area contributed by atoms with Gasteiger partial charge in [-0.3, -0.25) is 19.8 Å². The number of anilines is 2. The van der Waals surface area contributed by atoms with E-state index in [9.17, 15) is 0 Å². The highest BCUT2D eigenvalue weighted by atomic mass is 16.5. The van der Waals surface area contributed by atoms with E-state index < -0.39 is 0 Å². The maximum absolute atomic E-state index is 5.88. The van der Waals surface area contributed by atoms with Crippen molar-refractivity contribution in [3.63, 3.8) is 0 Å². The van der Waals surface area contributed by atoms with Gasteiger partial charge in [-0.05, 0) is 122 Å². The monoisotopic (exact) mass is 782 g/mol. The highest BCUT2D eigenvalue weighted by Crippen LogP contribution is 2.45. The van der Waals surface area contributed by atoms with Gasteiger partial charge >= 0.3 is 0 Å². The van der Waals surface area contributed by atoms with Gasteiger partial charge in [-0.25, -0.2) is 0 Å². The minimum absolute atomic E-state index is 0.298. The third kappa shape index (κ3) is 7.68. The van der Waals surface area contributed by atoms with Gasteiger partial charge in [0.2, 0.25) is 0 Å². The quantitative estimate of drug-likeness (QED) is 0.218. The molecule has 2 aromatic heterocycles. The van der Waals surface area contributed by atoms with Crippen LogP contribution in [0.3, 0.4) is 0 Å². The van der Waals surface area contributed by atoms with Gasteiger partial charge in [-0.1, -0.05) is 30.3 Å². The third-order valence-electron chi connectivity index (χ3n) is 14.3. The largest absolute Gasteiger partial charge is 0.378 e. The summed E-state index contributed by atoms with van der Waals surface area (Å²) >= 11 is 0. The van der Waals surface area contributed by atoms with Gasteiger partial charge in [0.1, 0.15) is 0 Å². The van der Waals surface area contributed by atoms with E-state index in [-0.39, 0.29) is 0 Å². The van der Waals surface area contributed by atoms with Crippen molar-refractivity contribution >= 4 is 11.4 Å². The topological polar surface area (TPSA) is 81.3 Å². The SMILES string of the molecule is CN(C[C@H]1Cc2c(cc(C3CC[C@H](N(C)C[C@@H]4Cc5c(cccc5N5CCOCC5)CN4)c4ncccc43)cc2N2CCOCC2)CN1)[C@H]1CCCc2cccnc21. The smallest absolute Gasteiger partial charge is 0.0642 e. The first-order chi connectivity index (χ1) is 28.6. The minimum Gasteiger partial charge on any atom is -0.378 e. The zero-order valence-corrected chi connectivity index (χ0v) is 34.7. The molecule has 2 aliphatic carbocycles. The van der Waals surface area contributed by atoms with Crippen molar-refractivity contribution in [2.75, 3.05) is 89.6 Å². The number of nitrogens with one attached hydrogen (secondary N) is 2. The zero-order valence-electron chi connectivity index (χ0n) is 34.7. The van der Waals surface area contributed by atoms with Crippen LogP contribution in [0.25, 0.3) is 0 Å². The second-order valence-electron chi connectivity index (χ2n) is 17.8. The van der Waals surface area contributed by atoms with E-state index in [0.717, 1.165) is 111 Å². The van der Waals surface area contributed by atoms with Gasteiger partial charge in [0.15, 0.2) is 0 Å². The maximum atomic E-state index is 5.88. The van der Waals surface area contributed by atoms with Crippen LogP contribution in [0.15, 0.2) is 67.0 Å². The summed E-state index contributed by atoms with van der Waals surface area (Å²) in [5, 5.41) is 7.90. The van der Waals surface area contributed by atoms with E-state index in [1.54, 1.807) is 0 Å². The van der Waals surface area contributed by atoms with Gasteiger partial charge in [-0.15, -0.1) is 0 Å². The van der Waals surface area contributed by atoms with Gasteiger partial charge < -0.3 is 29.9 Å². The summed E-state index contributed by atoms with van der Waals surface area (Å²) in [6.07, 6.45) is 11.9. The lowest BCUT2D eigenvalue weighted by atomic mass is 9.77. The molecule has 0 radical (unpaired) electrons. The molecule has 6 aliphatic rings. The molecule has 10 rings (SSSR count). The Labute approximate surface area is 345 Å². The number of ether oxygens (including phenoxy) is 2. The molecule has 306 valence electrons. The van der Waals surface area contributed by atoms with Gasteiger partial charge in [0, 0.05) is 94.1 Å². The molecule has 2 aromatic carbocycles. The van der Waals surface area contributed by atoms with Crippen molar-refractivity contribution in [2.45, 2.75) is 88.1 Å². The molecular weight excluding hydrogens is 721 g/mol. The Kier molecular flexibility index (Phi) is 11.2. The normalized spacial score (nSPS) is 25.9.